The predicted molar refractivity (Wildman–Crippen MR) is 104 cm³/mol. The molecule has 2 aromatic carbocycles. The van der Waals surface area contributed by atoms with E-state index in [0.29, 0.717) is 17.7 Å². The monoisotopic (exact) mass is 355 g/mol. The quantitative estimate of drug-likeness (QED) is 0.805. The highest BCUT2D eigenvalue weighted by Crippen LogP contribution is 2.31. The van der Waals surface area contributed by atoms with Gasteiger partial charge in [-0.2, -0.15) is 0 Å². The topological polar surface area (TPSA) is 49.8 Å². The first kappa shape index (κ1) is 20.1. The fraction of sp³-hybridized carbons (Fsp3) is 0.409. The van der Waals surface area contributed by atoms with E-state index in [-0.39, 0.29) is 11.6 Å². The Balaban J connectivity index is 2.28. The maximum absolute atomic E-state index is 13.0. The van der Waals surface area contributed by atoms with Crippen molar-refractivity contribution in [2.45, 2.75) is 44.9 Å². The van der Waals surface area contributed by atoms with Crippen LogP contribution in [0.15, 0.2) is 60.7 Å². The van der Waals surface area contributed by atoms with E-state index >= 15 is 0 Å². The van der Waals surface area contributed by atoms with Crippen molar-refractivity contribution < 1.29 is 14.6 Å². The van der Waals surface area contributed by atoms with Crippen molar-refractivity contribution in [2.75, 3.05) is 13.6 Å². The van der Waals surface area contributed by atoms with Crippen LogP contribution in [0.1, 0.15) is 38.8 Å². The van der Waals surface area contributed by atoms with Crippen LogP contribution in [-0.2, 0) is 15.1 Å². The van der Waals surface area contributed by atoms with E-state index < -0.39 is 11.6 Å². The molecule has 4 heteroatoms. The van der Waals surface area contributed by atoms with Crippen molar-refractivity contribution in [3.05, 3.63) is 71.8 Å². The summed E-state index contributed by atoms with van der Waals surface area (Å²) in [4.78, 5) is 15.1. The van der Waals surface area contributed by atoms with Crippen LogP contribution in [0.4, 0.5) is 0 Å². The lowest BCUT2D eigenvalue weighted by atomic mass is 9.86. The highest BCUT2D eigenvalue weighted by molar-refractivity contribution is 5.85. The Kier molecular flexibility index (Phi) is 6.21. The zero-order valence-electron chi connectivity index (χ0n) is 16.3. The Labute approximate surface area is 156 Å². The lowest BCUT2D eigenvalue weighted by Crippen LogP contribution is -2.45. The molecule has 0 bridgehead atoms. The van der Waals surface area contributed by atoms with Crippen LogP contribution < -0.4 is 0 Å². The molecule has 0 aliphatic rings. The molecule has 0 radical (unpaired) electrons. The first-order valence-corrected chi connectivity index (χ1v) is 8.91. The van der Waals surface area contributed by atoms with E-state index in [1.807, 2.05) is 26.1 Å². The van der Waals surface area contributed by atoms with Crippen LogP contribution in [0.5, 0.6) is 0 Å². The van der Waals surface area contributed by atoms with Crippen molar-refractivity contribution in [3.63, 3.8) is 0 Å². The molecule has 0 spiro atoms. The first-order valence-electron chi connectivity index (χ1n) is 8.91. The second kappa shape index (κ2) is 8.02. The number of ether oxygens (including phenoxy) is 1. The van der Waals surface area contributed by atoms with Gasteiger partial charge in [-0.25, -0.2) is 4.79 Å². The van der Waals surface area contributed by atoms with Gasteiger partial charge in [-0.05, 0) is 45.9 Å². The number of benzene rings is 2. The van der Waals surface area contributed by atoms with Crippen LogP contribution in [0.2, 0.25) is 0 Å². The number of likely N-dealkylation sites (N-methyl/N-ethyl adjacent to an activating group) is 1. The number of carbonyl (C=O) groups excluding carboxylic acids is 1. The third-order valence-corrected chi connectivity index (χ3v) is 4.66. The lowest BCUT2D eigenvalue weighted by molar-refractivity contribution is -0.168. The Morgan fingerprint density at radius 3 is 1.81 bits per heavy atom. The average molecular weight is 355 g/mol. The Hall–Kier alpha value is -2.17. The highest BCUT2D eigenvalue weighted by Gasteiger charge is 2.42. The second-order valence-corrected chi connectivity index (χ2v) is 7.71. The molecule has 0 fully saturated rings. The number of hydrogen-bond acceptors (Lipinski definition) is 4. The molecule has 0 saturated heterocycles. The van der Waals surface area contributed by atoms with Gasteiger partial charge in [0.15, 0.2) is 0 Å². The summed E-state index contributed by atoms with van der Waals surface area (Å²) >= 11 is 0. The third-order valence-electron chi connectivity index (χ3n) is 4.66. The zero-order valence-corrected chi connectivity index (χ0v) is 16.3. The number of aliphatic hydroxyl groups is 1. The molecule has 140 valence electrons. The van der Waals surface area contributed by atoms with Crippen molar-refractivity contribution in [1.82, 2.24) is 4.90 Å². The van der Waals surface area contributed by atoms with Crippen LogP contribution in [0, 0.1) is 0 Å². The molecule has 26 heavy (non-hydrogen) atoms. The van der Waals surface area contributed by atoms with E-state index in [9.17, 15) is 9.90 Å². The zero-order chi connectivity index (χ0) is 19.4. The van der Waals surface area contributed by atoms with E-state index in [2.05, 4.69) is 25.7 Å². The van der Waals surface area contributed by atoms with Gasteiger partial charge in [-0.15, -0.1) is 0 Å². The fourth-order valence-corrected chi connectivity index (χ4v) is 2.73. The molecule has 0 aliphatic carbocycles. The third kappa shape index (κ3) is 4.51. The Morgan fingerprint density at radius 1 is 1.00 bits per heavy atom. The van der Waals surface area contributed by atoms with Gasteiger partial charge in [0, 0.05) is 12.1 Å². The summed E-state index contributed by atoms with van der Waals surface area (Å²) in [5.74, 6) is -0.662. The number of nitrogens with zero attached hydrogens (tertiary/aromatic N) is 1. The van der Waals surface area contributed by atoms with Gasteiger partial charge < -0.3 is 9.84 Å². The minimum absolute atomic E-state index is 0.0319. The van der Waals surface area contributed by atoms with Crippen LogP contribution in [-0.4, -0.2) is 41.2 Å². The maximum Gasteiger partial charge on any atom is 0.348 e. The van der Waals surface area contributed by atoms with Crippen molar-refractivity contribution in [3.8, 4) is 0 Å². The summed E-state index contributed by atoms with van der Waals surface area (Å²) in [6.07, 6.45) is -0.356. The minimum atomic E-state index is -1.84. The van der Waals surface area contributed by atoms with Crippen molar-refractivity contribution in [2.24, 2.45) is 0 Å². The molecule has 1 N–H and O–H groups in total. The standard InChI is InChI=1S/C22H29NO3/c1-17(16-23(5)21(2,3)4)26-20(24)22(25,18-12-8-6-9-13-18)19-14-10-7-11-15-19/h6-15,17,25H,16H2,1-5H3. The fourth-order valence-electron chi connectivity index (χ4n) is 2.73. The maximum atomic E-state index is 13.0. The summed E-state index contributed by atoms with van der Waals surface area (Å²) in [7, 11) is 1.99. The van der Waals surface area contributed by atoms with Gasteiger partial charge in [0.05, 0.1) is 0 Å². The van der Waals surface area contributed by atoms with Crippen LogP contribution >= 0.6 is 0 Å². The second-order valence-electron chi connectivity index (χ2n) is 7.71. The van der Waals surface area contributed by atoms with Crippen molar-refractivity contribution in [1.29, 1.82) is 0 Å². The molecule has 0 heterocycles. The normalized spacial score (nSPS) is 13.5. The smallest absolute Gasteiger partial charge is 0.348 e. The van der Waals surface area contributed by atoms with Gasteiger partial charge in [0.2, 0.25) is 5.60 Å². The average Bonchev–Trinajstić information content (AvgIpc) is 2.61. The Bertz CT molecular complexity index is 668. The molecule has 0 amide bonds. The van der Waals surface area contributed by atoms with E-state index in [1.54, 1.807) is 48.5 Å². The number of hydrogen-bond donors (Lipinski definition) is 1. The summed E-state index contributed by atoms with van der Waals surface area (Å²) in [6, 6.07) is 17.8. The molecule has 1 atom stereocenters. The molecule has 1 unspecified atom stereocenters. The number of rotatable bonds is 6. The molecule has 0 saturated carbocycles. The molecule has 0 aliphatic heterocycles. The molecule has 0 aromatic heterocycles. The molecule has 2 aromatic rings. The number of esters is 1. The SMILES string of the molecule is CC(CN(C)C(C)(C)C)OC(=O)C(O)(c1ccccc1)c1ccccc1. The van der Waals surface area contributed by atoms with E-state index in [4.69, 9.17) is 4.74 Å². The largest absolute Gasteiger partial charge is 0.459 e. The predicted octanol–water partition coefficient (Wildman–Crippen LogP) is 3.58. The molecular weight excluding hydrogens is 326 g/mol. The van der Waals surface area contributed by atoms with E-state index in [1.165, 1.54) is 0 Å². The van der Waals surface area contributed by atoms with Gasteiger partial charge in [0.25, 0.3) is 0 Å². The van der Waals surface area contributed by atoms with Crippen LogP contribution in [0.3, 0.4) is 0 Å². The summed E-state index contributed by atoms with van der Waals surface area (Å²) in [5.41, 5.74) is -0.882. The van der Waals surface area contributed by atoms with E-state index in [0.717, 1.165) is 0 Å². The molecule has 4 nitrogen and oxygen atoms in total. The first-order chi connectivity index (χ1) is 12.2. The minimum Gasteiger partial charge on any atom is -0.459 e. The molecule has 2 rings (SSSR count). The highest BCUT2D eigenvalue weighted by atomic mass is 16.6. The summed E-state index contributed by atoms with van der Waals surface area (Å²) in [6.45, 7) is 8.73. The van der Waals surface area contributed by atoms with Crippen molar-refractivity contribution >= 4 is 5.97 Å². The molecular formula is C22H29NO3. The summed E-state index contributed by atoms with van der Waals surface area (Å²) < 4.78 is 5.66. The van der Waals surface area contributed by atoms with Gasteiger partial charge in [0.1, 0.15) is 6.10 Å². The van der Waals surface area contributed by atoms with Gasteiger partial charge >= 0.3 is 5.97 Å². The Morgan fingerprint density at radius 2 is 1.42 bits per heavy atom. The van der Waals surface area contributed by atoms with Crippen LogP contribution in [0.25, 0.3) is 0 Å². The number of carbonyl (C=O) groups is 1. The van der Waals surface area contributed by atoms with Gasteiger partial charge in [-0.1, -0.05) is 60.7 Å². The summed E-state index contributed by atoms with van der Waals surface area (Å²) in [5, 5.41) is 11.4. The van der Waals surface area contributed by atoms with Gasteiger partial charge in [-0.3, -0.25) is 4.90 Å². The lowest BCUT2D eigenvalue weighted by Gasteiger charge is -2.35.